The molecule has 76 valence electrons. The zero-order chi connectivity index (χ0) is 10.1. The third-order valence-corrected chi connectivity index (χ3v) is 1.23. The van der Waals surface area contributed by atoms with Crippen LogP contribution in [0.2, 0.25) is 0 Å². The first-order valence-electron chi connectivity index (χ1n) is 4.13. The summed E-state index contributed by atoms with van der Waals surface area (Å²) in [5.41, 5.74) is 0. The Hall–Kier alpha value is -0.940. The first-order chi connectivity index (χ1) is 6.16. The first-order valence-corrected chi connectivity index (χ1v) is 4.13. The fraction of sp³-hybridized carbons (Fsp3) is 0.750. The van der Waals surface area contributed by atoms with Gasteiger partial charge < -0.3 is 15.2 Å². The van der Waals surface area contributed by atoms with E-state index in [1.807, 2.05) is 0 Å². The van der Waals surface area contributed by atoms with Crippen molar-refractivity contribution in [1.82, 2.24) is 5.32 Å². The molecule has 0 radical (unpaired) electrons. The zero-order valence-corrected chi connectivity index (χ0v) is 7.71. The van der Waals surface area contributed by atoms with Crippen LogP contribution in [0.4, 0.5) is 0 Å². The van der Waals surface area contributed by atoms with Crippen molar-refractivity contribution in [3.05, 3.63) is 0 Å². The molecular formula is C8H15NO4. The van der Waals surface area contributed by atoms with Gasteiger partial charge in [-0.25, -0.2) is 0 Å². The van der Waals surface area contributed by atoms with Crippen LogP contribution in [0.15, 0.2) is 0 Å². The highest BCUT2D eigenvalue weighted by atomic mass is 16.5. The lowest BCUT2D eigenvalue weighted by molar-refractivity contribution is -0.147. The quantitative estimate of drug-likeness (QED) is 0.400. The molecule has 0 aliphatic heterocycles. The van der Waals surface area contributed by atoms with Crippen molar-refractivity contribution < 1.29 is 19.4 Å². The molecule has 0 spiro atoms. The molecule has 2 N–H and O–H groups in total. The van der Waals surface area contributed by atoms with Gasteiger partial charge in [-0.1, -0.05) is 0 Å². The summed E-state index contributed by atoms with van der Waals surface area (Å²) in [6.45, 7) is 2.16. The lowest BCUT2D eigenvalue weighted by atomic mass is 10.4. The van der Waals surface area contributed by atoms with Gasteiger partial charge >= 0.3 is 5.97 Å². The molecular weight excluding hydrogens is 174 g/mol. The fourth-order valence-electron chi connectivity index (χ4n) is 0.649. The predicted octanol–water partition coefficient (Wildman–Crippen LogP) is -0.909. The van der Waals surface area contributed by atoms with Gasteiger partial charge in [-0.3, -0.25) is 9.59 Å². The number of nitrogens with one attached hydrogen (secondary N) is 1. The Morgan fingerprint density at radius 3 is 2.62 bits per heavy atom. The van der Waals surface area contributed by atoms with E-state index in [2.05, 4.69) is 10.1 Å². The van der Waals surface area contributed by atoms with Crippen molar-refractivity contribution in [3.8, 4) is 0 Å². The SMILES string of the molecule is CC(=O)COC(=O)CCNCCO. The zero-order valence-electron chi connectivity index (χ0n) is 7.71. The van der Waals surface area contributed by atoms with Gasteiger partial charge in [-0.05, 0) is 6.92 Å². The minimum Gasteiger partial charge on any atom is -0.458 e. The average Bonchev–Trinajstić information content (AvgIpc) is 2.09. The summed E-state index contributed by atoms with van der Waals surface area (Å²) in [4.78, 5) is 21.2. The number of carbonyl (C=O) groups excluding carboxylic acids is 2. The molecule has 0 aliphatic rings. The predicted molar refractivity (Wildman–Crippen MR) is 46.2 cm³/mol. The second-order valence-corrected chi connectivity index (χ2v) is 2.59. The number of hydrogen-bond donors (Lipinski definition) is 2. The van der Waals surface area contributed by atoms with Crippen molar-refractivity contribution in [2.24, 2.45) is 0 Å². The van der Waals surface area contributed by atoms with E-state index < -0.39 is 5.97 Å². The maximum Gasteiger partial charge on any atom is 0.307 e. The monoisotopic (exact) mass is 189 g/mol. The van der Waals surface area contributed by atoms with Gasteiger partial charge in [0.1, 0.15) is 6.61 Å². The van der Waals surface area contributed by atoms with Crippen molar-refractivity contribution in [2.45, 2.75) is 13.3 Å². The Bertz CT molecular complexity index is 170. The molecule has 0 rings (SSSR count). The minimum atomic E-state index is -0.402. The third-order valence-electron chi connectivity index (χ3n) is 1.23. The molecule has 0 aromatic rings. The highest BCUT2D eigenvalue weighted by Gasteiger charge is 2.02. The Morgan fingerprint density at radius 1 is 1.38 bits per heavy atom. The van der Waals surface area contributed by atoms with Crippen molar-refractivity contribution in [1.29, 1.82) is 0 Å². The molecule has 0 fully saturated rings. The molecule has 0 aliphatic carbocycles. The molecule has 0 aromatic heterocycles. The number of carbonyl (C=O) groups is 2. The first kappa shape index (κ1) is 12.1. The van der Waals surface area contributed by atoms with E-state index in [-0.39, 0.29) is 25.4 Å². The molecule has 0 unspecified atom stereocenters. The molecule has 0 bridgehead atoms. The van der Waals surface area contributed by atoms with Crippen LogP contribution in [0.1, 0.15) is 13.3 Å². The lowest BCUT2D eigenvalue weighted by Gasteiger charge is -2.02. The number of Topliss-reactive ketones (excluding diaryl/α,β-unsaturated/α-hetero) is 1. The second kappa shape index (κ2) is 7.70. The number of hydrogen-bond acceptors (Lipinski definition) is 5. The van der Waals surface area contributed by atoms with E-state index in [0.717, 1.165) is 0 Å². The van der Waals surface area contributed by atoms with E-state index in [1.54, 1.807) is 0 Å². The van der Waals surface area contributed by atoms with Crippen LogP contribution in [0, 0.1) is 0 Å². The molecule has 0 heterocycles. The van der Waals surface area contributed by atoms with Gasteiger partial charge in [0.05, 0.1) is 13.0 Å². The Morgan fingerprint density at radius 2 is 2.08 bits per heavy atom. The standard InChI is InChI=1S/C8H15NO4/c1-7(11)6-13-8(12)2-3-9-4-5-10/h9-10H,2-6H2,1H3. The van der Waals surface area contributed by atoms with E-state index in [0.29, 0.717) is 13.1 Å². The summed E-state index contributed by atoms with van der Waals surface area (Å²) < 4.78 is 4.59. The van der Waals surface area contributed by atoms with Crippen LogP contribution in [0.25, 0.3) is 0 Å². The molecule has 0 amide bonds. The summed E-state index contributed by atoms with van der Waals surface area (Å²) in [6.07, 6.45) is 0.216. The van der Waals surface area contributed by atoms with Gasteiger partial charge in [0.2, 0.25) is 0 Å². The van der Waals surface area contributed by atoms with Gasteiger partial charge in [-0.15, -0.1) is 0 Å². The smallest absolute Gasteiger partial charge is 0.307 e. The van der Waals surface area contributed by atoms with Gasteiger partial charge in [0, 0.05) is 13.1 Å². The fourth-order valence-corrected chi connectivity index (χ4v) is 0.649. The number of ether oxygens (including phenoxy) is 1. The second-order valence-electron chi connectivity index (χ2n) is 2.59. The topological polar surface area (TPSA) is 75.6 Å². The highest BCUT2D eigenvalue weighted by molar-refractivity contribution is 5.80. The summed E-state index contributed by atoms with van der Waals surface area (Å²) in [5, 5.41) is 11.2. The summed E-state index contributed by atoms with van der Waals surface area (Å²) in [6, 6.07) is 0. The Balaban J connectivity index is 3.25. The molecule has 0 saturated heterocycles. The van der Waals surface area contributed by atoms with E-state index in [9.17, 15) is 9.59 Å². The van der Waals surface area contributed by atoms with E-state index >= 15 is 0 Å². The van der Waals surface area contributed by atoms with E-state index in [4.69, 9.17) is 5.11 Å². The van der Waals surface area contributed by atoms with Crippen LogP contribution < -0.4 is 5.32 Å². The van der Waals surface area contributed by atoms with Crippen LogP contribution in [-0.4, -0.2) is 43.2 Å². The number of aliphatic hydroxyl groups is 1. The molecule has 0 saturated carbocycles. The lowest BCUT2D eigenvalue weighted by Crippen LogP contribution is -2.23. The van der Waals surface area contributed by atoms with Gasteiger partial charge in [-0.2, -0.15) is 0 Å². The molecule has 5 nitrogen and oxygen atoms in total. The maximum absolute atomic E-state index is 10.8. The van der Waals surface area contributed by atoms with Crippen molar-refractivity contribution >= 4 is 11.8 Å². The molecule has 5 heteroatoms. The van der Waals surface area contributed by atoms with E-state index in [1.165, 1.54) is 6.92 Å². The van der Waals surface area contributed by atoms with Crippen molar-refractivity contribution in [2.75, 3.05) is 26.3 Å². The Labute approximate surface area is 77.1 Å². The largest absolute Gasteiger partial charge is 0.458 e. The number of rotatable bonds is 7. The number of esters is 1. The third kappa shape index (κ3) is 8.97. The van der Waals surface area contributed by atoms with Gasteiger partial charge in [0.15, 0.2) is 5.78 Å². The van der Waals surface area contributed by atoms with Crippen LogP contribution in [-0.2, 0) is 14.3 Å². The summed E-state index contributed by atoms with van der Waals surface area (Å²) in [7, 11) is 0. The van der Waals surface area contributed by atoms with Crippen LogP contribution in [0.5, 0.6) is 0 Å². The summed E-state index contributed by atoms with van der Waals surface area (Å²) >= 11 is 0. The normalized spacial score (nSPS) is 9.69. The average molecular weight is 189 g/mol. The Kier molecular flexibility index (Phi) is 7.14. The van der Waals surface area contributed by atoms with Crippen molar-refractivity contribution in [3.63, 3.8) is 0 Å². The van der Waals surface area contributed by atoms with Crippen LogP contribution in [0.3, 0.4) is 0 Å². The molecule has 0 aromatic carbocycles. The summed E-state index contributed by atoms with van der Waals surface area (Å²) in [5.74, 6) is -0.572. The molecule has 0 atom stereocenters. The highest BCUT2D eigenvalue weighted by Crippen LogP contribution is 1.85. The molecule has 13 heavy (non-hydrogen) atoms. The minimum absolute atomic E-state index is 0.0441. The number of ketones is 1. The van der Waals surface area contributed by atoms with Crippen LogP contribution >= 0.6 is 0 Å². The maximum atomic E-state index is 10.8. The number of aliphatic hydroxyl groups excluding tert-OH is 1. The van der Waals surface area contributed by atoms with Gasteiger partial charge in [0.25, 0.3) is 0 Å².